The molecule has 3 nitrogen and oxygen atoms in total. The third-order valence-corrected chi connectivity index (χ3v) is 2.78. The Labute approximate surface area is 89.7 Å². The van der Waals surface area contributed by atoms with E-state index in [0.717, 1.165) is 11.3 Å². The normalized spacial score (nSPS) is 11.4. The first-order valence-corrected chi connectivity index (χ1v) is 6.13. The van der Waals surface area contributed by atoms with Gasteiger partial charge in [-0.1, -0.05) is 18.2 Å². The Hall–Kier alpha value is -1.10. The third-order valence-electron chi connectivity index (χ3n) is 2.09. The highest BCUT2D eigenvalue weighted by Gasteiger charge is 2.10. The standard InChI is InChI=1S/C10H14FNO2S/c1-12(2)10-6-4-3-5-9(10)7-8-15(11,13)14/h3-6H,7-8H2,1-2H3. The summed E-state index contributed by atoms with van der Waals surface area (Å²) >= 11 is 0. The van der Waals surface area contributed by atoms with E-state index in [-0.39, 0.29) is 6.42 Å². The number of hydrogen-bond donors (Lipinski definition) is 0. The van der Waals surface area contributed by atoms with Gasteiger partial charge in [0.2, 0.25) is 0 Å². The van der Waals surface area contributed by atoms with Gasteiger partial charge in [0.05, 0.1) is 5.75 Å². The Morgan fingerprint density at radius 2 is 1.87 bits per heavy atom. The summed E-state index contributed by atoms with van der Waals surface area (Å²) in [6.45, 7) is 0. The zero-order valence-electron chi connectivity index (χ0n) is 8.77. The number of para-hydroxylation sites is 1. The topological polar surface area (TPSA) is 37.4 Å². The molecule has 0 aromatic heterocycles. The lowest BCUT2D eigenvalue weighted by Crippen LogP contribution is -2.12. The van der Waals surface area contributed by atoms with Gasteiger partial charge >= 0.3 is 10.2 Å². The molecule has 1 rings (SSSR count). The lowest BCUT2D eigenvalue weighted by molar-refractivity contribution is 0.551. The molecule has 0 aliphatic rings. The van der Waals surface area contributed by atoms with Crippen molar-refractivity contribution in [1.82, 2.24) is 0 Å². The maximum atomic E-state index is 12.4. The molecule has 1 aromatic rings. The Balaban J connectivity index is 2.85. The molecular weight excluding hydrogens is 217 g/mol. The number of halogens is 1. The predicted molar refractivity (Wildman–Crippen MR) is 59.4 cm³/mol. The van der Waals surface area contributed by atoms with Crippen molar-refractivity contribution in [2.24, 2.45) is 0 Å². The van der Waals surface area contributed by atoms with E-state index >= 15 is 0 Å². The van der Waals surface area contributed by atoms with Gasteiger partial charge in [0.1, 0.15) is 0 Å². The Bertz CT molecular complexity index is 429. The summed E-state index contributed by atoms with van der Waals surface area (Å²) in [5, 5.41) is 0. The van der Waals surface area contributed by atoms with Gasteiger partial charge in [-0.2, -0.15) is 8.42 Å². The van der Waals surface area contributed by atoms with Crippen molar-refractivity contribution in [3.8, 4) is 0 Å². The second-order valence-electron chi connectivity index (χ2n) is 3.52. The van der Waals surface area contributed by atoms with Crippen LogP contribution in [0.25, 0.3) is 0 Å². The minimum Gasteiger partial charge on any atom is -0.377 e. The fraction of sp³-hybridized carbons (Fsp3) is 0.400. The number of nitrogens with zero attached hydrogens (tertiary/aromatic N) is 1. The van der Waals surface area contributed by atoms with Crippen LogP contribution in [-0.4, -0.2) is 28.3 Å². The smallest absolute Gasteiger partial charge is 0.302 e. The number of rotatable bonds is 4. The zero-order chi connectivity index (χ0) is 11.5. The van der Waals surface area contributed by atoms with Crippen molar-refractivity contribution in [1.29, 1.82) is 0 Å². The number of benzene rings is 1. The molecule has 0 aliphatic heterocycles. The molecule has 84 valence electrons. The van der Waals surface area contributed by atoms with Crippen molar-refractivity contribution in [3.05, 3.63) is 29.8 Å². The first kappa shape index (κ1) is 12.0. The molecule has 0 bridgehead atoms. The number of aryl methyl sites for hydroxylation is 1. The largest absolute Gasteiger partial charge is 0.377 e. The fourth-order valence-electron chi connectivity index (χ4n) is 1.39. The molecule has 0 amide bonds. The Kier molecular flexibility index (Phi) is 3.68. The van der Waals surface area contributed by atoms with Crippen molar-refractivity contribution >= 4 is 15.9 Å². The first-order valence-electron chi connectivity index (χ1n) is 4.58. The van der Waals surface area contributed by atoms with Gasteiger partial charge in [-0.05, 0) is 18.1 Å². The van der Waals surface area contributed by atoms with Gasteiger partial charge in [-0.3, -0.25) is 0 Å². The molecule has 0 saturated carbocycles. The summed E-state index contributed by atoms with van der Waals surface area (Å²) in [5.74, 6) is -0.460. The lowest BCUT2D eigenvalue weighted by atomic mass is 10.1. The van der Waals surface area contributed by atoms with E-state index in [0.29, 0.717) is 0 Å². The highest BCUT2D eigenvalue weighted by Crippen LogP contribution is 2.18. The van der Waals surface area contributed by atoms with Gasteiger partial charge in [0, 0.05) is 19.8 Å². The fourth-order valence-corrected chi connectivity index (χ4v) is 1.85. The van der Waals surface area contributed by atoms with E-state index in [4.69, 9.17) is 0 Å². The van der Waals surface area contributed by atoms with E-state index in [1.807, 2.05) is 37.2 Å². The van der Waals surface area contributed by atoms with Crippen LogP contribution in [0.3, 0.4) is 0 Å². The van der Waals surface area contributed by atoms with Crippen LogP contribution in [0.5, 0.6) is 0 Å². The minimum atomic E-state index is -4.38. The van der Waals surface area contributed by atoms with Crippen LogP contribution in [0.4, 0.5) is 9.57 Å². The lowest BCUT2D eigenvalue weighted by Gasteiger charge is -2.16. The van der Waals surface area contributed by atoms with E-state index in [9.17, 15) is 12.3 Å². The SMILES string of the molecule is CN(C)c1ccccc1CCS(=O)(=O)F. The molecule has 0 saturated heterocycles. The van der Waals surface area contributed by atoms with Crippen LogP contribution in [0.1, 0.15) is 5.56 Å². The third kappa shape index (κ3) is 3.87. The van der Waals surface area contributed by atoms with Gasteiger partial charge in [-0.25, -0.2) is 0 Å². The van der Waals surface area contributed by atoms with Crippen molar-refractivity contribution in [2.45, 2.75) is 6.42 Å². The van der Waals surface area contributed by atoms with Crippen LogP contribution in [0.2, 0.25) is 0 Å². The monoisotopic (exact) mass is 231 g/mol. The molecule has 0 heterocycles. The summed E-state index contributed by atoms with van der Waals surface area (Å²) in [4.78, 5) is 1.88. The Morgan fingerprint density at radius 1 is 1.27 bits per heavy atom. The predicted octanol–water partition coefficient (Wildman–Crippen LogP) is 1.59. The van der Waals surface area contributed by atoms with Crippen LogP contribution >= 0.6 is 0 Å². The van der Waals surface area contributed by atoms with Crippen LogP contribution in [0.15, 0.2) is 24.3 Å². The number of anilines is 1. The summed E-state index contributed by atoms with van der Waals surface area (Å²) in [7, 11) is -0.656. The van der Waals surface area contributed by atoms with Crippen LogP contribution in [-0.2, 0) is 16.6 Å². The molecule has 15 heavy (non-hydrogen) atoms. The molecule has 0 fully saturated rings. The minimum absolute atomic E-state index is 0.202. The molecule has 0 N–H and O–H groups in total. The summed E-state index contributed by atoms with van der Waals surface area (Å²) < 4.78 is 33.2. The maximum Gasteiger partial charge on any atom is 0.302 e. The highest BCUT2D eigenvalue weighted by molar-refractivity contribution is 7.86. The van der Waals surface area contributed by atoms with Crippen LogP contribution < -0.4 is 4.90 Å². The summed E-state index contributed by atoms with van der Waals surface area (Å²) in [5.41, 5.74) is 1.75. The highest BCUT2D eigenvalue weighted by atomic mass is 32.3. The van der Waals surface area contributed by atoms with Gasteiger partial charge in [0.15, 0.2) is 0 Å². The second kappa shape index (κ2) is 4.61. The van der Waals surface area contributed by atoms with Crippen molar-refractivity contribution in [2.75, 3.05) is 24.7 Å². The molecule has 0 unspecified atom stereocenters. The van der Waals surface area contributed by atoms with Crippen LogP contribution in [0, 0.1) is 0 Å². The molecule has 0 spiro atoms. The van der Waals surface area contributed by atoms with Gasteiger partial charge in [0.25, 0.3) is 0 Å². The molecule has 5 heteroatoms. The molecule has 0 atom stereocenters. The second-order valence-corrected chi connectivity index (χ2v) is 5.00. The van der Waals surface area contributed by atoms with Crippen molar-refractivity contribution in [3.63, 3.8) is 0 Å². The average molecular weight is 231 g/mol. The van der Waals surface area contributed by atoms with E-state index < -0.39 is 16.0 Å². The van der Waals surface area contributed by atoms with Crippen molar-refractivity contribution < 1.29 is 12.3 Å². The van der Waals surface area contributed by atoms with Gasteiger partial charge in [-0.15, -0.1) is 3.89 Å². The first-order chi connectivity index (χ1) is 6.90. The van der Waals surface area contributed by atoms with E-state index in [1.165, 1.54) is 0 Å². The quantitative estimate of drug-likeness (QED) is 0.738. The molecule has 1 aromatic carbocycles. The van der Waals surface area contributed by atoms with Gasteiger partial charge < -0.3 is 4.90 Å². The van der Waals surface area contributed by atoms with E-state index in [1.54, 1.807) is 6.07 Å². The average Bonchev–Trinajstić information content (AvgIpc) is 2.14. The zero-order valence-corrected chi connectivity index (χ0v) is 9.59. The summed E-state index contributed by atoms with van der Waals surface area (Å²) in [6, 6.07) is 7.36. The summed E-state index contributed by atoms with van der Waals surface area (Å²) in [6.07, 6.45) is 0.202. The Morgan fingerprint density at radius 3 is 2.40 bits per heavy atom. The number of hydrogen-bond acceptors (Lipinski definition) is 3. The molecule has 0 radical (unpaired) electrons. The molecular formula is C10H14FNO2S. The molecule has 0 aliphatic carbocycles. The maximum absolute atomic E-state index is 12.4. The van der Waals surface area contributed by atoms with E-state index in [2.05, 4.69) is 0 Å².